The zero-order valence-corrected chi connectivity index (χ0v) is 12.2. The van der Waals surface area contributed by atoms with Gasteiger partial charge in [0.1, 0.15) is 6.04 Å². The third kappa shape index (κ3) is 6.12. The predicted molar refractivity (Wildman–Crippen MR) is 81.4 cm³/mol. The Balaban J connectivity index is 2.57. The molecule has 0 saturated carbocycles. The van der Waals surface area contributed by atoms with E-state index in [9.17, 15) is 4.79 Å². The van der Waals surface area contributed by atoms with Crippen LogP contribution in [-0.2, 0) is 4.79 Å². The van der Waals surface area contributed by atoms with Gasteiger partial charge in [-0.1, -0.05) is 43.7 Å². The summed E-state index contributed by atoms with van der Waals surface area (Å²) in [5.41, 5.74) is 6.85. The van der Waals surface area contributed by atoms with E-state index in [2.05, 4.69) is 19.1 Å². The first-order chi connectivity index (χ1) is 9.15. The van der Waals surface area contributed by atoms with Crippen molar-refractivity contribution in [2.75, 3.05) is 5.75 Å². The largest absolute Gasteiger partial charge is 0.480 e. The molecule has 106 valence electrons. The van der Waals surface area contributed by atoms with Gasteiger partial charge in [-0.15, -0.1) is 0 Å². The summed E-state index contributed by atoms with van der Waals surface area (Å²) < 4.78 is 0. The Kier molecular flexibility index (Phi) is 7.60. The Hall–Kier alpha value is -1.00. The third-order valence-corrected chi connectivity index (χ3v) is 4.48. The van der Waals surface area contributed by atoms with Gasteiger partial charge in [0.05, 0.1) is 0 Å². The first-order valence-electron chi connectivity index (χ1n) is 6.80. The molecule has 0 spiro atoms. The van der Waals surface area contributed by atoms with Gasteiger partial charge in [-0.2, -0.15) is 11.8 Å². The maximum atomic E-state index is 10.8. The van der Waals surface area contributed by atoms with Crippen LogP contribution in [-0.4, -0.2) is 22.9 Å². The van der Waals surface area contributed by atoms with Crippen molar-refractivity contribution in [2.45, 2.75) is 43.9 Å². The minimum Gasteiger partial charge on any atom is -0.480 e. The van der Waals surface area contributed by atoms with Gasteiger partial charge in [0.2, 0.25) is 0 Å². The van der Waals surface area contributed by atoms with Crippen LogP contribution in [0, 0.1) is 0 Å². The highest BCUT2D eigenvalue weighted by Crippen LogP contribution is 2.34. The number of hydrogen-bond donors (Lipinski definition) is 2. The molecular weight excluding hydrogens is 258 g/mol. The molecule has 3 N–H and O–H groups in total. The smallest absolute Gasteiger partial charge is 0.320 e. The molecule has 0 aliphatic rings. The second kappa shape index (κ2) is 8.99. The first-order valence-corrected chi connectivity index (χ1v) is 7.85. The zero-order valence-electron chi connectivity index (χ0n) is 11.4. The normalized spacial score (nSPS) is 14.0. The fourth-order valence-electron chi connectivity index (χ4n) is 1.84. The molecule has 2 unspecified atom stereocenters. The molecule has 3 nitrogen and oxygen atoms in total. The van der Waals surface area contributed by atoms with Gasteiger partial charge in [-0.25, -0.2) is 0 Å². The number of aliphatic carboxylic acids is 1. The van der Waals surface area contributed by atoms with Crippen LogP contribution in [0.1, 0.15) is 43.4 Å². The number of hydrogen-bond acceptors (Lipinski definition) is 3. The molecule has 0 aromatic heterocycles. The van der Waals surface area contributed by atoms with E-state index in [-0.39, 0.29) is 0 Å². The van der Waals surface area contributed by atoms with Gasteiger partial charge in [0, 0.05) is 5.25 Å². The van der Waals surface area contributed by atoms with Crippen LogP contribution in [0.15, 0.2) is 30.3 Å². The molecule has 1 rings (SSSR count). The van der Waals surface area contributed by atoms with Crippen molar-refractivity contribution in [3.63, 3.8) is 0 Å². The highest BCUT2D eigenvalue weighted by molar-refractivity contribution is 7.99. The lowest BCUT2D eigenvalue weighted by molar-refractivity contribution is -0.138. The lowest BCUT2D eigenvalue weighted by Crippen LogP contribution is -2.30. The van der Waals surface area contributed by atoms with E-state index in [0.29, 0.717) is 11.7 Å². The fraction of sp³-hybridized carbons (Fsp3) is 0.533. The molecule has 1 aromatic rings. The number of benzene rings is 1. The summed E-state index contributed by atoms with van der Waals surface area (Å²) in [6, 6.07) is 9.52. The second-order valence-electron chi connectivity index (χ2n) is 4.65. The molecule has 0 saturated heterocycles. The van der Waals surface area contributed by atoms with Gasteiger partial charge < -0.3 is 10.8 Å². The number of thioether (sulfide) groups is 1. The molecule has 1 aromatic carbocycles. The maximum Gasteiger partial charge on any atom is 0.320 e. The fourth-order valence-corrected chi connectivity index (χ4v) is 3.23. The van der Waals surface area contributed by atoms with Crippen LogP contribution in [0.2, 0.25) is 0 Å². The van der Waals surface area contributed by atoms with Crippen molar-refractivity contribution in [2.24, 2.45) is 5.73 Å². The number of carboxylic acid groups (broad SMARTS) is 1. The van der Waals surface area contributed by atoms with Crippen molar-refractivity contribution >= 4 is 17.7 Å². The van der Waals surface area contributed by atoms with Crippen molar-refractivity contribution in [1.29, 1.82) is 0 Å². The Morgan fingerprint density at radius 1 is 1.32 bits per heavy atom. The van der Waals surface area contributed by atoms with Gasteiger partial charge in [0.25, 0.3) is 0 Å². The Labute approximate surface area is 119 Å². The van der Waals surface area contributed by atoms with Crippen LogP contribution in [0.25, 0.3) is 0 Å². The lowest BCUT2D eigenvalue weighted by atomic mass is 10.0. The molecule has 0 aliphatic carbocycles. The lowest BCUT2D eigenvalue weighted by Gasteiger charge is -2.18. The molecule has 0 aliphatic heterocycles. The molecule has 0 bridgehead atoms. The molecule has 0 amide bonds. The van der Waals surface area contributed by atoms with Gasteiger partial charge in [0.15, 0.2) is 0 Å². The van der Waals surface area contributed by atoms with Crippen LogP contribution in [0.3, 0.4) is 0 Å². The second-order valence-corrected chi connectivity index (χ2v) is 5.96. The molecule has 0 fully saturated rings. The number of rotatable bonds is 9. The summed E-state index contributed by atoms with van der Waals surface area (Å²) in [7, 11) is 0. The summed E-state index contributed by atoms with van der Waals surface area (Å²) in [5, 5.41) is 9.19. The van der Waals surface area contributed by atoms with Crippen molar-refractivity contribution in [3.8, 4) is 0 Å². The Morgan fingerprint density at radius 2 is 2.00 bits per heavy atom. The van der Waals surface area contributed by atoms with E-state index in [1.165, 1.54) is 18.4 Å². The van der Waals surface area contributed by atoms with Gasteiger partial charge in [-0.05, 0) is 30.6 Å². The maximum absolute atomic E-state index is 10.8. The summed E-state index contributed by atoms with van der Waals surface area (Å²) in [5.74, 6) is 0.198. The monoisotopic (exact) mass is 281 g/mol. The van der Waals surface area contributed by atoms with Crippen molar-refractivity contribution in [1.82, 2.24) is 0 Å². The molecule has 0 heterocycles. The predicted octanol–water partition coefficient (Wildman–Crippen LogP) is 3.45. The SMILES string of the molecule is CCCCSC(CCC(N)C(=O)O)c1ccccc1. The van der Waals surface area contributed by atoms with E-state index in [0.717, 1.165) is 12.2 Å². The Morgan fingerprint density at radius 3 is 2.58 bits per heavy atom. The average Bonchev–Trinajstić information content (AvgIpc) is 2.43. The first kappa shape index (κ1) is 16.1. The highest BCUT2D eigenvalue weighted by Gasteiger charge is 2.17. The Bertz CT molecular complexity index is 370. The molecule has 2 atom stereocenters. The average molecular weight is 281 g/mol. The molecular formula is C15H23NO2S. The molecule has 4 heteroatoms. The minimum absolute atomic E-state index is 0.346. The number of carboxylic acids is 1. The van der Waals surface area contributed by atoms with Crippen molar-refractivity contribution in [3.05, 3.63) is 35.9 Å². The highest BCUT2D eigenvalue weighted by atomic mass is 32.2. The summed E-state index contributed by atoms with van der Waals surface area (Å²) in [4.78, 5) is 10.8. The van der Waals surface area contributed by atoms with E-state index >= 15 is 0 Å². The van der Waals surface area contributed by atoms with Crippen LogP contribution >= 0.6 is 11.8 Å². The van der Waals surface area contributed by atoms with Crippen LogP contribution in [0.4, 0.5) is 0 Å². The summed E-state index contributed by atoms with van der Waals surface area (Å²) in [6.45, 7) is 2.18. The minimum atomic E-state index is -0.912. The molecule has 0 radical (unpaired) electrons. The number of carbonyl (C=O) groups is 1. The van der Waals surface area contributed by atoms with E-state index in [1.54, 1.807) is 0 Å². The third-order valence-electron chi connectivity index (χ3n) is 3.05. The number of unbranched alkanes of at least 4 members (excludes halogenated alkanes) is 1. The van der Waals surface area contributed by atoms with Crippen LogP contribution in [0.5, 0.6) is 0 Å². The van der Waals surface area contributed by atoms with E-state index < -0.39 is 12.0 Å². The van der Waals surface area contributed by atoms with Gasteiger partial charge in [-0.3, -0.25) is 4.79 Å². The van der Waals surface area contributed by atoms with Crippen LogP contribution < -0.4 is 5.73 Å². The number of nitrogens with two attached hydrogens (primary N) is 1. The summed E-state index contributed by atoms with van der Waals surface area (Å²) >= 11 is 1.90. The quantitative estimate of drug-likeness (QED) is 0.680. The van der Waals surface area contributed by atoms with Gasteiger partial charge >= 0.3 is 5.97 Å². The van der Waals surface area contributed by atoms with E-state index in [1.807, 2.05) is 30.0 Å². The molecule has 19 heavy (non-hydrogen) atoms. The topological polar surface area (TPSA) is 63.3 Å². The summed E-state index contributed by atoms with van der Waals surface area (Å²) in [6.07, 6.45) is 3.71. The van der Waals surface area contributed by atoms with Crippen molar-refractivity contribution < 1.29 is 9.90 Å². The zero-order chi connectivity index (χ0) is 14.1. The van der Waals surface area contributed by atoms with E-state index in [4.69, 9.17) is 10.8 Å². The standard InChI is InChI=1S/C15H23NO2S/c1-2-3-11-19-14(10-9-13(16)15(17)18)12-7-5-4-6-8-12/h4-8,13-14H,2-3,9-11,16H2,1H3,(H,17,18).